The highest BCUT2D eigenvalue weighted by Crippen LogP contribution is 2.18. The Labute approximate surface area is 104 Å². The van der Waals surface area contributed by atoms with Crippen LogP contribution in [0.15, 0.2) is 25.0 Å². The van der Waals surface area contributed by atoms with Crippen molar-refractivity contribution in [2.24, 2.45) is 5.92 Å². The Bertz CT molecular complexity index is 258. The van der Waals surface area contributed by atoms with Gasteiger partial charge in [0.05, 0.1) is 12.9 Å². The molecule has 2 unspecified atom stereocenters. The molecule has 0 saturated heterocycles. The molecule has 3 heteroatoms. The van der Waals surface area contributed by atoms with Crippen molar-refractivity contribution in [2.45, 2.75) is 46.1 Å². The van der Waals surface area contributed by atoms with E-state index in [4.69, 9.17) is 9.47 Å². The molecule has 0 radical (unpaired) electrons. The highest BCUT2D eigenvalue weighted by molar-refractivity contribution is 5.86. The van der Waals surface area contributed by atoms with Crippen molar-refractivity contribution in [2.75, 3.05) is 6.61 Å². The molecule has 0 aliphatic rings. The van der Waals surface area contributed by atoms with Crippen LogP contribution < -0.4 is 0 Å². The Kier molecular flexibility index (Phi) is 8.20. The molecule has 17 heavy (non-hydrogen) atoms. The summed E-state index contributed by atoms with van der Waals surface area (Å²) >= 11 is 0. The number of carbonyl (C=O) groups excluding carboxylic acids is 1. The Morgan fingerprint density at radius 1 is 1.41 bits per heavy atom. The molecule has 0 rings (SSSR count). The van der Waals surface area contributed by atoms with Crippen LogP contribution in [0.25, 0.3) is 0 Å². The van der Waals surface area contributed by atoms with Gasteiger partial charge in [0.15, 0.2) is 0 Å². The summed E-state index contributed by atoms with van der Waals surface area (Å²) < 4.78 is 10.7. The van der Waals surface area contributed by atoms with E-state index in [0.29, 0.717) is 12.2 Å². The molecule has 0 aromatic rings. The van der Waals surface area contributed by atoms with Gasteiger partial charge in [0.25, 0.3) is 0 Å². The maximum Gasteiger partial charge on any atom is 0.333 e. The van der Waals surface area contributed by atoms with E-state index in [-0.39, 0.29) is 18.0 Å². The Hall–Kier alpha value is -1.25. The van der Waals surface area contributed by atoms with E-state index in [1.165, 1.54) is 6.26 Å². The van der Waals surface area contributed by atoms with E-state index < -0.39 is 0 Å². The largest absolute Gasteiger partial charge is 0.498 e. The second kappa shape index (κ2) is 8.85. The van der Waals surface area contributed by atoms with Crippen LogP contribution in [0.3, 0.4) is 0 Å². The maximum atomic E-state index is 11.3. The van der Waals surface area contributed by atoms with Crippen LogP contribution in [0.5, 0.6) is 0 Å². The van der Waals surface area contributed by atoms with Gasteiger partial charge in [-0.15, -0.1) is 0 Å². The summed E-state index contributed by atoms with van der Waals surface area (Å²) in [6, 6.07) is 0. The van der Waals surface area contributed by atoms with Crippen LogP contribution >= 0.6 is 0 Å². The number of rotatable bonds is 9. The Morgan fingerprint density at radius 3 is 2.47 bits per heavy atom. The average Bonchev–Trinajstić information content (AvgIpc) is 2.29. The average molecular weight is 240 g/mol. The lowest BCUT2D eigenvalue weighted by Gasteiger charge is -2.25. The Morgan fingerprint density at radius 2 is 2.06 bits per heavy atom. The fourth-order valence-corrected chi connectivity index (χ4v) is 1.62. The summed E-state index contributed by atoms with van der Waals surface area (Å²) in [6.45, 7) is 13.3. The summed E-state index contributed by atoms with van der Waals surface area (Å²) in [5.74, 6) is -0.131. The maximum absolute atomic E-state index is 11.3. The minimum atomic E-state index is -0.336. The molecule has 0 amide bonds. The van der Waals surface area contributed by atoms with Gasteiger partial charge < -0.3 is 9.47 Å². The molecule has 3 nitrogen and oxygen atoms in total. The van der Waals surface area contributed by atoms with Crippen LogP contribution in [-0.2, 0) is 14.3 Å². The van der Waals surface area contributed by atoms with Crippen LogP contribution in [-0.4, -0.2) is 18.7 Å². The first-order valence-electron chi connectivity index (χ1n) is 6.15. The Balaban J connectivity index is 4.31. The van der Waals surface area contributed by atoms with E-state index in [2.05, 4.69) is 27.0 Å². The third-order valence-electron chi connectivity index (χ3n) is 2.67. The SMILES string of the molecule is C=COC(CCC)C(CC)COC(=O)C(=C)C. The second-order valence-corrected chi connectivity index (χ2v) is 4.18. The van der Waals surface area contributed by atoms with Crippen molar-refractivity contribution in [3.8, 4) is 0 Å². The van der Waals surface area contributed by atoms with Crippen LogP contribution in [0.4, 0.5) is 0 Å². The van der Waals surface area contributed by atoms with E-state index in [9.17, 15) is 4.79 Å². The predicted octanol–water partition coefficient (Wildman–Crippen LogP) is 3.46. The summed E-state index contributed by atoms with van der Waals surface area (Å²) in [5.41, 5.74) is 0.427. The lowest BCUT2D eigenvalue weighted by molar-refractivity contribution is -0.141. The molecule has 2 atom stereocenters. The fourth-order valence-electron chi connectivity index (χ4n) is 1.62. The third-order valence-corrected chi connectivity index (χ3v) is 2.67. The normalized spacial score (nSPS) is 13.6. The first-order valence-corrected chi connectivity index (χ1v) is 6.15. The zero-order valence-electron chi connectivity index (χ0n) is 11.2. The highest BCUT2D eigenvalue weighted by Gasteiger charge is 2.21. The summed E-state index contributed by atoms with van der Waals surface area (Å²) in [6.07, 6.45) is 4.41. The van der Waals surface area contributed by atoms with Gasteiger partial charge in [-0.1, -0.05) is 33.4 Å². The molecule has 0 aromatic heterocycles. The van der Waals surface area contributed by atoms with Gasteiger partial charge in [-0.25, -0.2) is 4.79 Å². The summed E-state index contributed by atoms with van der Waals surface area (Å²) in [5, 5.41) is 0. The van der Waals surface area contributed by atoms with E-state index >= 15 is 0 Å². The van der Waals surface area contributed by atoms with E-state index in [1.54, 1.807) is 6.92 Å². The molecule has 0 N–H and O–H groups in total. The van der Waals surface area contributed by atoms with E-state index in [0.717, 1.165) is 19.3 Å². The van der Waals surface area contributed by atoms with Crippen molar-refractivity contribution in [3.63, 3.8) is 0 Å². The zero-order chi connectivity index (χ0) is 13.3. The number of hydrogen-bond donors (Lipinski definition) is 0. The first kappa shape index (κ1) is 15.8. The minimum absolute atomic E-state index is 0.0698. The number of carbonyl (C=O) groups is 1. The zero-order valence-corrected chi connectivity index (χ0v) is 11.2. The second-order valence-electron chi connectivity index (χ2n) is 4.18. The quantitative estimate of drug-likeness (QED) is 0.352. The lowest BCUT2D eigenvalue weighted by Crippen LogP contribution is -2.27. The molecule has 0 spiro atoms. The molecular weight excluding hydrogens is 216 g/mol. The van der Waals surface area contributed by atoms with Crippen molar-refractivity contribution in [3.05, 3.63) is 25.0 Å². The van der Waals surface area contributed by atoms with Crippen molar-refractivity contribution in [1.29, 1.82) is 0 Å². The van der Waals surface area contributed by atoms with Gasteiger partial charge in [0, 0.05) is 11.5 Å². The van der Waals surface area contributed by atoms with Crippen molar-refractivity contribution < 1.29 is 14.3 Å². The van der Waals surface area contributed by atoms with E-state index in [1.807, 2.05) is 0 Å². The molecule has 0 aliphatic heterocycles. The molecule has 0 bridgehead atoms. The summed E-state index contributed by atoms with van der Waals surface area (Å²) in [4.78, 5) is 11.3. The molecule has 98 valence electrons. The molecular formula is C14H24O3. The first-order chi connectivity index (χ1) is 8.06. The van der Waals surface area contributed by atoms with Crippen LogP contribution in [0, 0.1) is 5.92 Å². The van der Waals surface area contributed by atoms with Gasteiger partial charge in [-0.2, -0.15) is 0 Å². The van der Waals surface area contributed by atoms with Crippen molar-refractivity contribution >= 4 is 5.97 Å². The minimum Gasteiger partial charge on any atom is -0.498 e. The summed E-state index contributed by atoms with van der Waals surface area (Å²) in [7, 11) is 0. The number of ether oxygens (including phenoxy) is 2. The van der Waals surface area contributed by atoms with Crippen LogP contribution in [0.1, 0.15) is 40.0 Å². The molecule has 0 fully saturated rings. The van der Waals surface area contributed by atoms with Gasteiger partial charge in [0.1, 0.15) is 6.10 Å². The van der Waals surface area contributed by atoms with Gasteiger partial charge in [-0.05, 0) is 19.8 Å². The molecule has 0 heterocycles. The van der Waals surface area contributed by atoms with Crippen molar-refractivity contribution in [1.82, 2.24) is 0 Å². The van der Waals surface area contributed by atoms with Gasteiger partial charge >= 0.3 is 5.97 Å². The number of esters is 1. The number of hydrogen-bond acceptors (Lipinski definition) is 3. The molecule has 0 saturated carbocycles. The molecule has 0 aliphatic carbocycles. The van der Waals surface area contributed by atoms with Gasteiger partial charge in [-0.3, -0.25) is 0 Å². The van der Waals surface area contributed by atoms with Gasteiger partial charge in [0.2, 0.25) is 0 Å². The molecule has 0 aromatic carbocycles. The lowest BCUT2D eigenvalue weighted by atomic mass is 9.96. The topological polar surface area (TPSA) is 35.5 Å². The predicted molar refractivity (Wildman–Crippen MR) is 69.5 cm³/mol. The third kappa shape index (κ3) is 6.15. The monoisotopic (exact) mass is 240 g/mol. The smallest absolute Gasteiger partial charge is 0.333 e. The highest BCUT2D eigenvalue weighted by atomic mass is 16.5. The standard InChI is InChI=1S/C14H24O3/c1-6-9-13(16-8-3)12(7-2)10-17-14(15)11(4)5/h8,12-13H,3-4,6-7,9-10H2,1-2,5H3. The fraction of sp³-hybridized carbons (Fsp3) is 0.643. The van der Waals surface area contributed by atoms with Crippen LogP contribution in [0.2, 0.25) is 0 Å².